The highest BCUT2D eigenvalue weighted by molar-refractivity contribution is 7.98. The third-order valence-electron chi connectivity index (χ3n) is 4.92. The highest BCUT2D eigenvalue weighted by atomic mass is 32.2. The van der Waals surface area contributed by atoms with Crippen molar-refractivity contribution < 1.29 is 9.47 Å². The number of thiophene rings is 1. The molecule has 1 saturated carbocycles. The zero-order valence-electron chi connectivity index (χ0n) is 16.4. The third-order valence-corrected chi connectivity index (χ3v) is 6.74. The number of rotatable bonds is 7. The number of H-pyrrole nitrogens is 1. The van der Waals surface area contributed by atoms with E-state index in [0.717, 1.165) is 28.7 Å². The minimum atomic E-state index is -0.209. The number of aromatic nitrogens is 5. The fourth-order valence-electron chi connectivity index (χ4n) is 3.33. The first kappa shape index (κ1) is 19.1. The van der Waals surface area contributed by atoms with Crippen molar-refractivity contribution in [2.45, 2.75) is 29.8 Å². The molecule has 154 valence electrons. The summed E-state index contributed by atoms with van der Waals surface area (Å²) in [6.07, 6.45) is 2.27. The first-order chi connectivity index (χ1) is 14.7. The summed E-state index contributed by atoms with van der Waals surface area (Å²) in [5.41, 5.74) is 0.356. The highest BCUT2D eigenvalue weighted by Gasteiger charge is 2.30. The maximum atomic E-state index is 12.6. The molecule has 0 radical (unpaired) electrons. The maximum absolute atomic E-state index is 12.6. The molecule has 0 unspecified atom stereocenters. The fraction of sp³-hybridized carbons (Fsp3) is 0.300. The van der Waals surface area contributed by atoms with Crippen LogP contribution in [0.5, 0.6) is 11.5 Å². The van der Waals surface area contributed by atoms with Crippen LogP contribution in [0.4, 0.5) is 0 Å². The Morgan fingerprint density at radius 3 is 2.73 bits per heavy atom. The fourth-order valence-corrected chi connectivity index (χ4v) is 4.91. The van der Waals surface area contributed by atoms with Gasteiger partial charge < -0.3 is 14.5 Å². The molecule has 0 amide bonds. The Labute approximate surface area is 180 Å². The molecule has 0 saturated heterocycles. The van der Waals surface area contributed by atoms with Crippen LogP contribution in [0.2, 0.25) is 0 Å². The standard InChI is InChI=1S/C20H19N5O3S2/c1-27-14-8-12-13(9-15(14)28-2)21-17(22-19(12)26)10-30-20-24-23-18(16-4-3-7-29-16)25(20)11-5-6-11/h3-4,7-9,11H,5-6,10H2,1-2H3,(H,21,22,26). The SMILES string of the molecule is COc1cc2nc(CSc3nnc(-c4cccs4)n3C3CC3)[nH]c(=O)c2cc1OC. The minimum Gasteiger partial charge on any atom is -0.493 e. The summed E-state index contributed by atoms with van der Waals surface area (Å²) in [6.45, 7) is 0. The van der Waals surface area contributed by atoms with E-state index in [1.807, 2.05) is 11.4 Å². The quantitative estimate of drug-likeness (QED) is 0.435. The summed E-state index contributed by atoms with van der Waals surface area (Å²) in [6, 6.07) is 7.89. The molecule has 1 aliphatic carbocycles. The molecule has 3 heterocycles. The van der Waals surface area contributed by atoms with Gasteiger partial charge in [-0.25, -0.2) is 4.98 Å². The number of nitrogens with one attached hydrogen (secondary N) is 1. The van der Waals surface area contributed by atoms with Crippen molar-refractivity contribution in [3.05, 3.63) is 45.8 Å². The molecular formula is C20H19N5O3S2. The second-order valence-electron chi connectivity index (χ2n) is 6.91. The summed E-state index contributed by atoms with van der Waals surface area (Å²) < 4.78 is 12.8. The number of hydrogen-bond donors (Lipinski definition) is 1. The topological polar surface area (TPSA) is 94.9 Å². The number of methoxy groups -OCH3 is 2. The normalized spacial score (nSPS) is 13.7. The van der Waals surface area contributed by atoms with Gasteiger partial charge in [0.05, 0.1) is 35.8 Å². The lowest BCUT2D eigenvalue weighted by Crippen LogP contribution is -2.12. The molecule has 3 aromatic heterocycles. The van der Waals surface area contributed by atoms with Gasteiger partial charge in [0.15, 0.2) is 22.5 Å². The average molecular weight is 442 g/mol. The summed E-state index contributed by atoms with van der Waals surface area (Å²) in [5.74, 6) is 3.00. The number of aromatic amines is 1. The number of nitrogens with zero attached hydrogens (tertiary/aromatic N) is 4. The second-order valence-corrected chi connectivity index (χ2v) is 8.80. The first-order valence-corrected chi connectivity index (χ1v) is 11.3. The van der Waals surface area contributed by atoms with Gasteiger partial charge in [0, 0.05) is 12.1 Å². The van der Waals surface area contributed by atoms with Gasteiger partial charge >= 0.3 is 0 Å². The Bertz CT molecular complexity index is 1260. The second kappa shape index (κ2) is 7.77. The van der Waals surface area contributed by atoms with Crippen molar-refractivity contribution in [2.75, 3.05) is 14.2 Å². The lowest BCUT2D eigenvalue weighted by Gasteiger charge is -2.10. The van der Waals surface area contributed by atoms with Crippen LogP contribution in [0.25, 0.3) is 21.6 Å². The van der Waals surface area contributed by atoms with E-state index < -0.39 is 0 Å². The summed E-state index contributed by atoms with van der Waals surface area (Å²) in [4.78, 5) is 21.2. The van der Waals surface area contributed by atoms with Gasteiger partial charge in [-0.2, -0.15) is 0 Å². The smallest absolute Gasteiger partial charge is 0.258 e. The first-order valence-electron chi connectivity index (χ1n) is 9.44. The van der Waals surface area contributed by atoms with E-state index >= 15 is 0 Å². The Balaban J connectivity index is 1.45. The molecular weight excluding hydrogens is 422 g/mol. The molecule has 0 spiro atoms. The van der Waals surface area contributed by atoms with Crippen molar-refractivity contribution in [1.29, 1.82) is 0 Å². The number of thioether (sulfide) groups is 1. The summed E-state index contributed by atoms with van der Waals surface area (Å²) in [7, 11) is 3.10. The van der Waals surface area contributed by atoms with Gasteiger partial charge in [0.2, 0.25) is 0 Å². The molecule has 30 heavy (non-hydrogen) atoms. The Morgan fingerprint density at radius 1 is 1.23 bits per heavy atom. The van der Waals surface area contributed by atoms with E-state index in [-0.39, 0.29) is 5.56 Å². The van der Waals surface area contributed by atoms with E-state index in [1.54, 1.807) is 30.6 Å². The molecule has 5 rings (SSSR count). The van der Waals surface area contributed by atoms with Crippen molar-refractivity contribution in [2.24, 2.45) is 0 Å². The Kier molecular flexibility index (Phi) is 4.95. The van der Waals surface area contributed by atoms with Crippen LogP contribution in [0.15, 0.2) is 39.6 Å². The number of fused-ring (bicyclic) bond motifs is 1. The van der Waals surface area contributed by atoms with Crippen LogP contribution in [0.3, 0.4) is 0 Å². The summed E-state index contributed by atoms with van der Waals surface area (Å²) in [5, 5.41) is 12.2. The van der Waals surface area contributed by atoms with Crippen LogP contribution in [0.1, 0.15) is 24.7 Å². The molecule has 0 atom stereocenters. The Hall–Kier alpha value is -2.85. The van der Waals surface area contributed by atoms with E-state index in [2.05, 4.69) is 30.8 Å². The third kappa shape index (κ3) is 3.46. The van der Waals surface area contributed by atoms with E-state index in [4.69, 9.17) is 9.47 Å². The maximum Gasteiger partial charge on any atom is 0.258 e. The number of benzene rings is 1. The summed E-state index contributed by atoms with van der Waals surface area (Å²) >= 11 is 3.19. The van der Waals surface area contributed by atoms with E-state index in [1.165, 1.54) is 18.9 Å². The molecule has 0 aliphatic heterocycles. The van der Waals surface area contributed by atoms with Crippen molar-refractivity contribution in [1.82, 2.24) is 24.7 Å². The molecule has 8 nitrogen and oxygen atoms in total. The number of ether oxygens (including phenoxy) is 2. The van der Waals surface area contributed by atoms with Gasteiger partial charge in [-0.05, 0) is 30.4 Å². The molecule has 1 fully saturated rings. The van der Waals surface area contributed by atoms with Gasteiger partial charge in [0.1, 0.15) is 5.82 Å². The molecule has 1 N–H and O–H groups in total. The van der Waals surface area contributed by atoms with Crippen LogP contribution in [0, 0.1) is 0 Å². The molecule has 10 heteroatoms. The molecule has 1 aromatic carbocycles. The van der Waals surface area contributed by atoms with Gasteiger partial charge in [-0.3, -0.25) is 9.36 Å². The highest BCUT2D eigenvalue weighted by Crippen LogP contribution is 2.42. The van der Waals surface area contributed by atoms with Crippen LogP contribution in [-0.2, 0) is 5.75 Å². The van der Waals surface area contributed by atoms with Crippen molar-refractivity contribution >= 4 is 34.0 Å². The zero-order valence-corrected chi connectivity index (χ0v) is 18.0. The lowest BCUT2D eigenvalue weighted by molar-refractivity contribution is 0.355. The molecule has 0 bridgehead atoms. The average Bonchev–Trinajstić information content (AvgIpc) is 3.27. The van der Waals surface area contributed by atoms with Crippen LogP contribution in [-0.4, -0.2) is 39.0 Å². The Morgan fingerprint density at radius 2 is 2.03 bits per heavy atom. The van der Waals surface area contributed by atoms with Crippen LogP contribution >= 0.6 is 23.1 Å². The van der Waals surface area contributed by atoms with Gasteiger partial charge in [-0.15, -0.1) is 21.5 Å². The van der Waals surface area contributed by atoms with E-state index in [9.17, 15) is 4.79 Å². The minimum absolute atomic E-state index is 0.209. The van der Waals surface area contributed by atoms with Gasteiger partial charge in [-0.1, -0.05) is 17.8 Å². The predicted octanol–water partition coefficient (Wildman–Crippen LogP) is 3.89. The largest absolute Gasteiger partial charge is 0.493 e. The number of hydrogen-bond acceptors (Lipinski definition) is 8. The van der Waals surface area contributed by atoms with Crippen molar-refractivity contribution in [3.63, 3.8) is 0 Å². The predicted molar refractivity (Wildman–Crippen MR) is 117 cm³/mol. The van der Waals surface area contributed by atoms with E-state index in [0.29, 0.717) is 40.0 Å². The van der Waals surface area contributed by atoms with Gasteiger partial charge in [0.25, 0.3) is 5.56 Å². The van der Waals surface area contributed by atoms with Crippen LogP contribution < -0.4 is 15.0 Å². The van der Waals surface area contributed by atoms with Crippen molar-refractivity contribution in [3.8, 4) is 22.2 Å². The lowest BCUT2D eigenvalue weighted by atomic mass is 10.2. The monoisotopic (exact) mass is 441 g/mol. The zero-order chi connectivity index (χ0) is 20.7. The molecule has 1 aliphatic rings. The molecule has 4 aromatic rings.